The molecule has 0 aliphatic carbocycles. The molecule has 0 bridgehead atoms. The summed E-state index contributed by atoms with van der Waals surface area (Å²) in [4.78, 5) is 21.4. The Hall–Kier alpha value is -2.18. The van der Waals surface area contributed by atoms with Crippen LogP contribution in [-0.2, 0) is 9.59 Å². The van der Waals surface area contributed by atoms with E-state index in [1.807, 2.05) is 0 Å². The lowest BCUT2D eigenvalue weighted by molar-refractivity contribution is -0.139. The number of aliphatic carboxylic acids is 1. The largest absolute Gasteiger partial charge is 0.481 e. The van der Waals surface area contributed by atoms with Gasteiger partial charge >= 0.3 is 12.6 Å². The number of rotatable bonds is 5. The summed E-state index contributed by atoms with van der Waals surface area (Å²) in [7, 11) is 0. The lowest BCUT2D eigenvalue weighted by Crippen LogP contribution is -2.17. The van der Waals surface area contributed by atoms with Crippen molar-refractivity contribution in [3.8, 4) is 5.75 Å². The van der Waals surface area contributed by atoms with Crippen LogP contribution in [0.2, 0.25) is 0 Å². The lowest BCUT2D eigenvalue weighted by Gasteiger charge is -2.10. The Balaban J connectivity index is 2.76. The fourth-order valence-electron chi connectivity index (χ4n) is 1.10. The summed E-state index contributed by atoms with van der Waals surface area (Å²) < 4.78 is 28.2. The van der Waals surface area contributed by atoms with Crippen LogP contribution in [0.3, 0.4) is 0 Å². The molecule has 1 aromatic carbocycles. The van der Waals surface area contributed by atoms with E-state index >= 15 is 0 Å². The van der Waals surface area contributed by atoms with E-state index in [0.29, 0.717) is 0 Å². The fraction of sp³-hybridized carbons (Fsp3) is 0.200. The quantitative estimate of drug-likeness (QED) is 0.774. The summed E-state index contributed by atoms with van der Waals surface area (Å²) in [5, 5.41) is 10.5. The van der Waals surface area contributed by atoms with Gasteiger partial charge in [0.05, 0.1) is 5.69 Å². The highest BCUT2D eigenvalue weighted by Crippen LogP contribution is 2.25. The minimum absolute atomic E-state index is 0.000880. The van der Waals surface area contributed by atoms with E-state index in [1.54, 1.807) is 0 Å². The van der Waals surface area contributed by atoms with E-state index in [1.165, 1.54) is 24.3 Å². The molecule has 0 spiro atoms. The van der Waals surface area contributed by atoms with Crippen molar-refractivity contribution in [2.75, 3.05) is 5.32 Å². The number of para-hydroxylation sites is 2. The van der Waals surface area contributed by atoms with Crippen molar-refractivity contribution in [1.82, 2.24) is 0 Å². The first-order valence-electron chi connectivity index (χ1n) is 4.54. The van der Waals surface area contributed by atoms with Crippen molar-refractivity contribution in [2.45, 2.75) is 13.0 Å². The van der Waals surface area contributed by atoms with E-state index in [0.717, 1.165) is 0 Å². The third-order valence-corrected chi connectivity index (χ3v) is 1.69. The second kappa shape index (κ2) is 5.78. The maximum atomic E-state index is 12.0. The summed E-state index contributed by atoms with van der Waals surface area (Å²) >= 11 is 0. The zero-order chi connectivity index (χ0) is 12.8. The lowest BCUT2D eigenvalue weighted by atomic mass is 10.3. The van der Waals surface area contributed by atoms with E-state index < -0.39 is 24.9 Å². The van der Waals surface area contributed by atoms with Crippen molar-refractivity contribution in [2.24, 2.45) is 0 Å². The molecular formula is C10H9F2NO4. The van der Waals surface area contributed by atoms with Gasteiger partial charge in [0.25, 0.3) is 0 Å². The Morgan fingerprint density at radius 1 is 1.35 bits per heavy atom. The number of carbonyl (C=O) groups excluding carboxylic acids is 1. The van der Waals surface area contributed by atoms with Gasteiger partial charge in [-0.1, -0.05) is 12.1 Å². The summed E-state index contributed by atoms with van der Waals surface area (Å²) in [6.45, 7) is -3.02. The number of ether oxygens (including phenoxy) is 1. The number of halogens is 2. The molecule has 17 heavy (non-hydrogen) atoms. The minimum atomic E-state index is -3.02. The number of amides is 1. The van der Waals surface area contributed by atoms with E-state index in [2.05, 4.69) is 10.1 Å². The summed E-state index contributed by atoms with van der Waals surface area (Å²) in [6.07, 6.45) is -0.747. The van der Waals surface area contributed by atoms with Crippen molar-refractivity contribution < 1.29 is 28.2 Å². The summed E-state index contributed by atoms with van der Waals surface area (Å²) in [5.41, 5.74) is -0.000880. The number of nitrogens with one attached hydrogen (secondary N) is 1. The molecule has 1 rings (SSSR count). The SMILES string of the molecule is O=C(O)CC(=O)Nc1ccccc1OC(F)F. The van der Waals surface area contributed by atoms with Gasteiger partial charge in [0.15, 0.2) is 0 Å². The van der Waals surface area contributed by atoms with Crippen molar-refractivity contribution in [3.05, 3.63) is 24.3 Å². The monoisotopic (exact) mass is 245 g/mol. The van der Waals surface area contributed by atoms with Crippen molar-refractivity contribution >= 4 is 17.6 Å². The standard InChI is InChI=1S/C10H9F2NO4/c11-10(12)17-7-4-2-1-3-6(7)13-8(14)5-9(15)16/h1-4,10H,5H2,(H,13,14)(H,15,16). The normalized spacial score (nSPS) is 10.1. The fourth-order valence-corrected chi connectivity index (χ4v) is 1.10. The second-order valence-electron chi connectivity index (χ2n) is 2.99. The van der Waals surface area contributed by atoms with Crippen LogP contribution < -0.4 is 10.1 Å². The third-order valence-electron chi connectivity index (χ3n) is 1.69. The molecule has 0 fully saturated rings. The second-order valence-corrected chi connectivity index (χ2v) is 2.99. The molecule has 0 aromatic heterocycles. The molecule has 5 nitrogen and oxygen atoms in total. The number of alkyl halides is 2. The molecule has 0 radical (unpaired) electrons. The smallest absolute Gasteiger partial charge is 0.387 e. The van der Waals surface area contributed by atoms with Crippen LogP contribution in [0.4, 0.5) is 14.5 Å². The van der Waals surface area contributed by atoms with Gasteiger partial charge in [-0.2, -0.15) is 8.78 Å². The Morgan fingerprint density at radius 2 is 2.00 bits per heavy atom. The van der Waals surface area contributed by atoms with Crippen LogP contribution in [-0.4, -0.2) is 23.6 Å². The van der Waals surface area contributed by atoms with Gasteiger partial charge < -0.3 is 15.2 Å². The molecule has 1 aromatic rings. The molecule has 92 valence electrons. The van der Waals surface area contributed by atoms with Crippen LogP contribution in [0, 0.1) is 0 Å². The molecule has 0 aliphatic rings. The highest BCUT2D eigenvalue weighted by atomic mass is 19.3. The van der Waals surface area contributed by atoms with Gasteiger partial charge in [-0.25, -0.2) is 0 Å². The molecule has 0 saturated heterocycles. The summed E-state index contributed by atoms with van der Waals surface area (Å²) in [5.74, 6) is -2.35. The molecule has 0 unspecified atom stereocenters. The van der Waals surface area contributed by atoms with Gasteiger partial charge in [0.1, 0.15) is 12.2 Å². The highest BCUT2D eigenvalue weighted by molar-refractivity contribution is 6.02. The molecule has 0 heterocycles. The zero-order valence-corrected chi connectivity index (χ0v) is 8.52. The zero-order valence-electron chi connectivity index (χ0n) is 8.52. The first-order valence-corrected chi connectivity index (χ1v) is 4.54. The Labute approximate surface area is 95.0 Å². The maximum Gasteiger partial charge on any atom is 0.387 e. The van der Waals surface area contributed by atoms with Crippen LogP contribution in [0.15, 0.2) is 24.3 Å². The molecule has 0 aliphatic heterocycles. The van der Waals surface area contributed by atoms with Crippen LogP contribution in [0.1, 0.15) is 6.42 Å². The number of carbonyl (C=O) groups is 2. The van der Waals surface area contributed by atoms with Gasteiger partial charge in [-0.3, -0.25) is 9.59 Å². The third kappa shape index (κ3) is 4.45. The highest BCUT2D eigenvalue weighted by Gasteiger charge is 2.13. The minimum Gasteiger partial charge on any atom is -0.481 e. The average Bonchev–Trinajstić information content (AvgIpc) is 2.18. The van der Waals surface area contributed by atoms with Crippen molar-refractivity contribution in [3.63, 3.8) is 0 Å². The molecular weight excluding hydrogens is 236 g/mol. The van der Waals surface area contributed by atoms with E-state index in [4.69, 9.17) is 5.11 Å². The Bertz CT molecular complexity index is 423. The molecule has 7 heteroatoms. The number of carboxylic acid groups (broad SMARTS) is 1. The van der Waals surface area contributed by atoms with Crippen LogP contribution in [0.5, 0.6) is 5.75 Å². The first-order chi connectivity index (χ1) is 7.99. The predicted molar refractivity (Wildman–Crippen MR) is 54.0 cm³/mol. The average molecular weight is 245 g/mol. The topological polar surface area (TPSA) is 75.6 Å². The van der Waals surface area contributed by atoms with Gasteiger partial charge in [0, 0.05) is 0 Å². The number of carboxylic acids is 1. The van der Waals surface area contributed by atoms with Gasteiger partial charge in [0.2, 0.25) is 5.91 Å². The Kier molecular flexibility index (Phi) is 4.38. The van der Waals surface area contributed by atoms with Crippen LogP contribution in [0.25, 0.3) is 0 Å². The molecule has 0 saturated carbocycles. The number of benzene rings is 1. The number of anilines is 1. The number of hydrogen-bond acceptors (Lipinski definition) is 3. The molecule has 1 amide bonds. The van der Waals surface area contributed by atoms with Gasteiger partial charge in [-0.15, -0.1) is 0 Å². The molecule has 2 N–H and O–H groups in total. The summed E-state index contributed by atoms with van der Waals surface area (Å²) in [6, 6.07) is 5.51. The van der Waals surface area contributed by atoms with E-state index in [-0.39, 0.29) is 11.4 Å². The van der Waals surface area contributed by atoms with E-state index in [9.17, 15) is 18.4 Å². The van der Waals surface area contributed by atoms with Gasteiger partial charge in [-0.05, 0) is 12.1 Å². The molecule has 0 atom stereocenters. The first kappa shape index (κ1) is 12.9. The number of hydrogen-bond donors (Lipinski definition) is 2. The van der Waals surface area contributed by atoms with Crippen molar-refractivity contribution in [1.29, 1.82) is 0 Å². The predicted octanol–water partition coefficient (Wildman–Crippen LogP) is 1.70. The maximum absolute atomic E-state index is 12.0. The Morgan fingerprint density at radius 3 is 2.59 bits per heavy atom. The van der Waals surface area contributed by atoms with Crippen LogP contribution >= 0.6 is 0 Å².